The molecule has 40 heavy (non-hydrogen) atoms. The van der Waals surface area contributed by atoms with E-state index in [1.54, 1.807) is 0 Å². The molecule has 0 saturated heterocycles. The molecule has 1 N–H and O–H groups in total. The molecule has 0 bridgehead atoms. The second-order valence-corrected chi connectivity index (χ2v) is 11.1. The average Bonchev–Trinajstić information content (AvgIpc) is 2.90. The van der Waals surface area contributed by atoms with Gasteiger partial charge in [-0.3, -0.25) is 4.79 Å². The lowest BCUT2D eigenvalue weighted by atomic mass is 10.0. The lowest BCUT2D eigenvalue weighted by Gasteiger charge is -2.19. The van der Waals surface area contributed by atoms with Gasteiger partial charge >= 0.3 is 12.1 Å². The van der Waals surface area contributed by atoms with Crippen molar-refractivity contribution in [2.75, 3.05) is 66.0 Å². The summed E-state index contributed by atoms with van der Waals surface area (Å²) in [5.74, 6) is -0.136. The average molecular weight is 576 g/mol. The van der Waals surface area contributed by atoms with Gasteiger partial charge in [0.15, 0.2) is 0 Å². The molecule has 0 aromatic carbocycles. The zero-order valence-corrected chi connectivity index (χ0v) is 26.2. The second kappa shape index (κ2) is 29.1. The summed E-state index contributed by atoms with van der Waals surface area (Å²) in [5, 5.41) is 2.63. The minimum atomic E-state index is -0.507. The maximum Gasteiger partial charge on any atom is 0.407 e. The van der Waals surface area contributed by atoms with Gasteiger partial charge in [0.2, 0.25) is 0 Å². The molecule has 0 aromatic rings. The SMILES string of the molecule is CCCCCCCCCCCCCCCC(=O)OCCOCCOCCOCCOCCNC(=O)OC(C)(C)C. The van der Waals surface area contributed by atoms with Crippen molar-refractivity contribution in [1.82, 2.24) is 5.32 Å². The van der Waals surface area contributed by atoms with Crippen molar-refractivity contribution in [3.63, 3.8) is 0 Å². The zero-order chi connectivity index (χ0) is 29.6. The predicted molar refractivity (Wildman–Crippen MR) is 159 cm³/mol. The van der Waals surface area contributed by atoms with Crippen molar-refractivity contribution in [3.8, 4) is 0 Å². The van der Waals surface area contributed by atoms with E-state index < -0.39 is 11.7 Å². The smallest absolute Gasteiger partial charge is 0.407 e. The van der Waals surface area contributed by atoms with E-state index >= 15 is 0 Å². The fraction of sp³-hybridized carbons (Fsp3) is 0.935. The molecule has 1 amide bonds. The van der Waals surface area contributed by atoms with Gasteiger partial charge in [-0.1, -0.05) is 84.0 Å². The Hall–Kier alpha value is -1.42. The molecular formula is C31H61NO8. The fourth-order valence-electron chi connectivity index (χ4n) is 3.87. The van der Waals surface area contributed by atoms with Gasteiger partial charge in [-0.25, -0.2) is 4.79 Å². The molecular weight excluding hydrogens is 514 g/mol. The van der Waals surface area contributed by atoms with E-state index in [1.165, 1.54) is 70.6 Å². The largest absolute Gasteiger partial charge is 0.463 e. The number of ether oxygens (including phenoxy) is 6. The van der Waals surface area contributed by atoms with E-state index in [-0.39, 0.29) is 12.6 Å². The van der Waals surface area contributed by atoms with Crippen molar-refractivity contribution < 1.29 is 38.0 Å². The molecule has 0 aliphatic heterocycles. The van der Waals surface area contributed by atoms with Crippen LogP contribution >= 0.6 is 0 Å². The Bertz CT molecular complexity index is 568. The Balaban J connectivity index is 3.21. The summed E-state index contributed by atoms with van der Waals surface area (Å²) in [6.45, 7) is 11.9. The van der Waals surface area contributed by atoms with Crippen molar-refractivity contribution >= 4 is 12.1 Å². The summed E-state index contributed by atoms with van der Waals surface area (Å²) in [7, 11) is 0. The zero-order valence-electron chi connectivity index (χ0n) is 26.2. The van der Waals surface area contributed by atoms with E-state index in [9.17, 15) is 9.59 Å². The van der Waals surface area contributed by atoms with Crippen LogP contribution in [0, 0.1) is 0 Å². The van der Waals surface area contributed by atoms with E-state index in [0.717, 1.165) is 12.8 Å². The van der Waals surface area contributed by atoms with Crippen LogP contribution in [0.1, 0.15) is 118 Å². The number of hydrogen-bond donors (Lipinski definition) is 1. The van der Waals surface area contributed by atoms with E-state index in [0.29, 0.717) is 65.8 Å². The van der Waals surface area contributed by atoms with Crippen LogP contribution in [0.4, 0.5) is 4.79 Å². The van der Waals surface area contributed by atoms with Gasteiger partial charge in [0.25, 0.3) is 0 Å². The lowest BCUT2D eigenvalue weighted by Crippen LogP contribution is -2.34. The summed E-state index contributed by atoms with van der Waals surface area (Å²) in [6, 6.07) is 0. The molecule has 0 atom stereocenters. The first-order valence-corrected chi connectivity index (χ1v) is 15.8. The van der Waals surface area contributed by atoms with Gasteiger partial charge in [0, 0.05) is 13.0 Å². The normalized spacial score (nSPS) is 11.5. The molecule has 9 nitrogen and oxygen atoms in total. The number of alkyl carbamates (subject to hydrolysis) is 1. The maximum absolute atomic E-state index is 11.8. The highest BCUT2D eigenvalue weighted by molar-refractivity contribution is 5.69. The fourth-order valence-corrected chi connectivity index (χ4v) is 3.87. The summed E-state index contributed by atoms with van der Waals surface area (Å²) < 4.78 is 32.0. The first kappa shape index (κ1) is 38.6. The van der Waals surface area contributed by atoms with Crippen LogP contribution in [0.5, 0.6) is 0 Å². The van der Waals surface area contributed by atoms with Crippen molar-refractivity contribution in [2.24, 2.45) is 0 Å². The van der Waals surface area contributed by atoms with Gasteiger partial charge in [-0.2, -0.15) is 0 Å². The van der Waals surface area contributed by atoms with Gasteiger partial charge < -0.3 is 33.7 Å². The number of carbonyl (C=O) groups is 2. The van der Waals surface area contributed by atoms with Crippen LogP contribution < -0.4 is 5.32 Å². The minimum absolute atomic E-state index is 0.136. The molecule has 9 heteroatoms. The predicted octanol–water partition coefficient (Wildman–Crippen LogP) is 6.60. The Labute approximate surface area is 244 Å². The van der Waals surface area contributed by atoms with Gasteiger partial charge in [0.1, 0.15) is 12.2 Å². The molecule has 0 spiro atoms. The topological polar surface area (TPSA) is 102 Å². The highest BCUT2D eigenvalue weighted by Crippen LogP contribution is 2.13. The molecule has 0 heterocycles. The second-order valence-electron chi connectivity index (χ2n) is 11.1. The van der Waals surface area contributed by atoms with Crippen LogP contribution in [0.25, 0.3) is 0 Å². The molecule has 0 aromatic heterocycles. The van der Waals surface area contributed by atoms with Crippen molar-refractivity contribution in [2.45, 2.75) is 123 Å². The summed E-state index contributed by atoms with van der Waals surface area (Å²) >= 11 is 0. The third-order valence-electron chi connectivity index (χ3n) is 6.01. The number of rotatable bonds is 29. The summed E-state index contributed by atoms with van der Waals surface area (Å²) in [4.78, 5) is 23.3. The first-order chi connectivity index (χ1) is 19.3. The van der Waals surface area contributed by atoms with Crippen LogP contribution in [-0.2, 0) is 33.2 Å². The van der Waals surface area contributed by atoms with Gasteiger partial charge in [-0.15, -0.1) is 0 Å². The van der Waals surface area contributed by atoms with Crippen molar-refractivity contribution in [3.05, 3.63) is 0 Å². The quantitative estimate of drug-likeness (QED) is 0.0786. The Morgan fingerprint density at radius 1 is 0.550 bits per heavy atom. The molecule has 0 unspecified atom stereocenters. The lowest BCUT2D eigenvalue weighted by molar-refractivity contribution is -0.145. The third kappa shape index (κ3) is 32.8. The van der Waals surface area contributed by atoms with Crippen LogP contribution in [0.15, 0.2) is 0 Å². The Kier molecular flexibility index (Phi) is 28.1. The first-order valence-electron chi connectivity index (χ1n) is 15.8. The molecule has 0 radical (unpaired) electrons. The number of unbranched alkanes of at least 4 members (excludes halogenated alkanes) is 12. The van der Waals surface area contributed by atoms with Crippen LogP contribution in [0.2, 0.25) is 0 Å². The third-order valence-corrected chi connectivity index (χ3v) is 6.01. The van der Waals surface area contributed by atoms with E-state index in [2.05, 4.69) is 12.2 Å². The van der Waals surface area contributed by atoms with Crippen molar-refractivity contribution in [1.29, 1.82) is 0 Å². The Morgan fingerprint density at radius 3 is 1.40 bits per heavy atom. The maximum atomic E-state index is 11.8. The number of carbonyl (C=O) groups excluding carboxylic acids is 2. The van der Waals surface area contributed by atoms with E-state index in [4.69, 9.17) is 28.4 Å². The number of nitrogens with one attached hydrogen (secondary N) is 1. The molecule has 238 valence electrons. The summed E-state index contributed by atoms with van der Waals surface area (Å²) in [6.07, 6.45) is 16.9. The van der Waals surface area contributed by atoms with Gasteiger partial charge in [0.05, 0.1) is 52.9 Å². The molecule has 0 fully saturated rings. The molecule has 0 saturated carbocycles. The molecule has 0 aliphatic rings. The van der Waals surface area contributed by atoms with Gasteiger partial charge in [-0.05, 0) is 27.2 Å². The summed E-state index contributed by atoms with van der Waals surface area (Å²) in [5.41, 5.74) is -0.507. The monoisotopic (exact) mass is 575 g/mol. The molecule has 0 rings (SSSR count). The number of hydrogen-bond acceptors (Lipinski definition) is 8. The number of esters is 1. The highest BCUT2D eigenvalue weighted by Gasteiger charge is 2.15. The Morgan fingerprint density at radius 2 is 0.950 bits per heavy atom. The highest BCUT2D eigenvalue weighted by atomic mass is 16.6. The van der Waals surface area contributed by atoms with Crippen LogP contribution in [-0.4, -0.2) is 83.7 Å². The standard InChI is InChI=1S/C31H61NO8/c1-5-6-7-8-9-10-11-12-13-14-15-16-17-18-29(33)39-28-27-38-26-25-37-24-23-36-22-21-35-20-19-32-30(34)40-31(2,3)4/h5-28H2,1-4H3,(H,32,34). The number of amides is 1. The van der Waals surface area contributed by atoms with Crippen LogP contribution in [0.3, 0.4) is 0 Å². The molecule has 0 aliphatic carbocycles. The van der Waals surface area contributed by atoms with E-state index in [1.807, 2.05) is 20.8 Å². The minimum Gasteiger partial charge on any atom is -0.463 e.